The number of piperidine rings is 1. The van der Waals surface area contributed by atoms with Gasteiger partial charge in [0.1, 0.15) is 5.82 Å². The maximum absolute atomic E-state index is 4.75. The van der Waals surface area contributed by atoms with Gasteiger partial charge in [0.25, 0.3) is 0 Å². The predicted molar refractivity (Wildman–Crippen MR) is 83.3 cm³/mol. The van der Waals surface area contributed by atoms with E-state index in [0.29, 0.717) is 5.92 Å². The minimum Gasteiger partial charge on any atom is -0.370 e. The molecule has 0 aromatic carbocycles. The Hall–Kier alpha value is -2.01. The summed E-state index contributed by atoms with van der Waals surface area (Å²) >= 11 is 0. The van der Waals surface area contributed by atoms with Crippen LogP contribution in [0.15, 0.2) is 36.8 Å². The van der Waals surface area contributed by atoms with Gasteiger partial charge in [-0.05, 0) is 38.1 Å². The van der Waals surface area contributed by atoms with Crippen LogP contribution in [0.4, 0.5) is 5.82 Å². The Morgan fingerprint density at radius 1 is 1.19 bits per heavy atom. The molecule has 3 rings (SSSR count). The van der Waals surface area contributed by atoms with Crippen molar-refractivity contribution in [1.82, 2.24) is 20.3 Å². The molecule has 1 fully saturated rings. The molecule has 0 aliphatic carbocycles. The van der Waals surface area contributed by atoms with E-state index in [-0.39, 0.29) is 0 Å². The van der Waals surface area contributed by atoms with E-state index in [4.69, 9.17) is 4.98 Å². The number of anilines is 1. The first kappa shape index (κ1) is 13.9. The van der Waals surface area contributed by atoms with Gasteiger partial charge in [0.2, 0.25) is 0 Å². The van der Waals surface area contributed by atoms with Crippen molar-refractivity contribution in [2.75, 3.05) is 25.0 Å². The molecule has 2 aromatic rings. The molecule has 0 saturated carbocycles. The van der Waals surface area contributed by atoms with Gasteiger partial charge < -0.3 is 10.6 Å². The third-order valence-corrected chi connectivity index (χ3v) is 3.83. The number of hydrogen-bond donors (Lipinski definition) is 2. The number of hydrogen-bond acceptors (Lipinski definition) is 5. The highest BCUT2D eigenvalue weighted by Crippen LogP contribution is 2.24. The second kappa shape index (κ2) is 7.13. The van der Waals surface area contributed by atoms with Crippen LogP contribution in [0.5, 0.6) is 0 Å². The van der Waals surface area contributed by atoms with Crippen LogP contribution in [0.1, 0.15) is 30.1 Å². The normalized spacial score (nSPS) is 15.8. The molecular formula is C16H21N5. The molecule has 0 radical (unpaired) electrons. The Morgan fingerprint density at radius 3 is 2.90 bits per heavy atom. The van der Waals surface area contributed by atoms with Crippen LogP contribution < -0.4 is 10.6 Å². The highest BCUT2D eigenvalue weighted by molar-refractivity contribution is 5.36. The second-order valence-electron chi connectivity index (χ2n) is 5.35. The molecule has 0 bridgehead atoms. The summed E-state index contributed by atoms with van der Waals surface area (Å²) < 4.78 is 0. The zero-order valence-electron chi connectivity index (χ0n) is 12.1. The molecular weight excluding hydrogens is 262 g/mol. The van der Waals surface area contributed by atoms with Crippen LogP contribution in [-0.4, -0.2) is 34.6 Å². The maximum Gasteiger partial charge on any atom is 0.126 e. The van der Waals surface area contributed by atoms with Crippen molar-refractivity contribution in [1.29, 1.82) is 0 Å². The molecule has 21 heavy (non-hydrogen) atoms. The summed E-state index contributed by atoms with van der Waals surface area (Å²) in [5.41, 5.74) is 2.21. The minimum absolute atomic E-state index is 0.591. The fraction of sp³-hybridized carbons (Fsp3) is 0.438. The lowest BCUT2D eigenvalue weighted by Gasteiger charge is -2.22. The smallest absolute Gasteiger partial charge is 0.126 e. The third-order valence-electron chi connectivity index (χ3n) is 3.83. The molecule has 5 nitrogen and oxygen atoms in total. The van der Waals surface area contributed by atoms with Crippen molar-refractivity contribution < 1.29 is 0 Å². The Labute approximate surface area is 125 Å². The molecule has 0 unspecified atom stereocenters. The first-order valence-electron chi connectivity index (χ1n) is 7.58. The summed E-state index contributed by atoms with van der Waals surface area (Å²) in [5, 5.41) is 6.77. The third kappa shape index (κ3) is 3.98. The van der Waals surface area contributed by atoms with Gasteiger partial charge in [0.15, 0.2) is 0 Å². The van der Waals surface area contributed by atoms with E-state index in [1.54, 1.807) is 18.6 Å². The monoisotopic (exact) mass is 283 g/mol. The molecule has 2 aromatic heterocycles. The van der Waals surface area contributed by atoms with Gasteiger partial charge in [0, 0.05) is 43.2 Å². The van der Waals surface area contributed by atoms with Crippen LogP contribution in [0, 0.1) is 0 Å². The van der Waals surface area contributed by atoms with E-state index in [2.05, 4.69) is 32.7 Å². The Kier molecular flexibility index (Phi) is 4.74. The van der Waals surface area contributed by atoms with Crippen LogP contribution in [0.25, 0.3) is 0 Å². The van der Waals surface area contributed by atoms with Gasteiger partial charge in [-0.25, -0.2) is 4.98 Å². The number of nitrogens with one attached hydrogen (secondary N) is 2. The average Bonchev–Trinajstić information content (AvgIpc) is 2.57. The van der Waals surface area contributed by atoms with Crippen molar-refractivity contribution in [2.24, 2.45) is 0 Å². The Morgan fingerprint density at radius 2 is 2.10 bits per heavy atom. The summed E-state index contributed by atoms with van der Waals surface area (Å²) in [7, 11) is 0. The van der Waals surface area contributed by atoms with Gasteiger partial charge in [-0.15, -0.1) is 0 Å². The lowest BCUT2D eigenvalue weighted by Crippen LogP contribution is -2.27. The molecule has 0 amide bonds. The van der Waals surface area contributed by atoms with E-state index in [9.17, 15) is 0 Å². The molecule has 2 N–H and O–H groups in total. The topological polar surface area (TPSA) is 62.7 Å². The quantitative estimate of drug-likeness (QED) is 0.878. The maximum atomic E-state index is 4.75. The number of pyridine rings is 1. The fourth-order valence-corrected chi connectivity index (χ4v) is 2.67. The van der Waals surface area contributed by atoms with Crippen LogP contribution in [0.2, 0.25) is 0 Å². The van der Waals surface area contributed by atoms with Gasteiger partial charge in [-0.3, -0.25) is 9.97 Å². The van der Waals surface area contributed by atoms with Gasteiger partial charge >= 0.3 is 0 Å². The van der Waals surface area contributed by atoms with Gasteiger partial charge in [-0.2, -0.15) is 0 Å². The summed E-state index contributed by atoms with van der Waals surface area (Å²) in [6.45, 7) is 3.01. The largest absolute Gasteiger partial charge is 0.370 e. The highest BCUT2D eigenvalue weighted by atomic mass is 15.0. The van der Waals surface area contributed by atoms with Crippen molar-refractivity contribution in [3.8, 4) is 0 Å². The molecule has 0 spiro atoms. The van der Waals surface area contributed by atoms with E-state index in [1.807, 2.05) is 6.07 Å². The fourth-order valence-electron chi connectivity index (χ4n) is 2.67. The Bertz CT molecular complexity index is 552. The Balaban J connectivity index is 1.55. The SMILES string of the molecule is c1cc(NCCc2cnccn2)nc(C2CCNCC2)c1. The number of nitrogens with zero attached hydrogens (tertiary/aromatic N) is 3. The van der Waals surface area contributed by atoms with E-state index in [0.717, 1.165) is 37.6 Å². The molecule has 0 atom stereocenters. The van der Waals surface area contributed by atoms with Crippen LogP contribution in [0.3, 0.4) is 0 Å². The first-order valence-corrected chi connectivity index (χ1v) is 7.58. The lowest BCUT2D eigenvalue weighted by molar-refractivity contribution is 0.453. The van der Waals surface area contributed by atoms with Gasteiger partial charge in [0.05, 0.1) is 5.69 Å². The molecule has 5 heteroatoms. The lowest BCUT2D eigenvalue weighted by atomic mass is 9.94. The molecule has 3 heterocycles. The molecule has 1 aliphatic heterocycles. The van der Waals surface area contributed by atoms with E-state index >= 15 is 0 Å². The highest BCUT2D eigenvalue weighted by Gasteiger charge is 2.16. The average molecular weight is 283 g/mol. The summed E-state index contributed by atoms with van der Waals surface area (Å²) in [6.07, 6.45) is 8.44. The van der Waals surface area contributed by atoms with Crippen molar-refractivity contribution >= 4 is 5.82 Å². The molecule has 1 aliphatic rings. The first-order chi connectivity index (χ1) is 10.4. The zero-order chi connectivity index (χ0) is 14.3. The van der Waals surface area contributed by atoms with Crippen LogP contribution in [-0.2, 0) is 6.42 Å². The van der Waals surface area contributed by atoms with E-state index in [1.165, 1.54) is 18.5 Å². The van der Waals surface area contributed by atoms with Crippen molar-refractivity contribution in [3.05, 3.63) is 48.2 Å². The number of aromatic nitrogens is 3. The molecule has 1 saturated heterocycles. The van der Waals surface area contributed by atoms with Crippen molar-refractivity contribution in [2.45, 2.75) is 25.2 Å². The predicted octanol–water partition coefficient (Wildman–Crippen LogP) is 1.99. The van der Waals surface area contributed by atoms with Gasteiger partial charge in [-0.1, -0.05) is 6.07 Å². The van der Waals surface area contributed by atoms with Crippen molar-refractivity contribution in [3.63, 3.8) is 0 Å². The van der Waals surface area contributed by atoms with E-state index < -0.39 is 0 Å². The van der Waals surface area contributed by atoms with Crippen LogP contribution >= 0.6 is 0 Å². The summed E-state index contributed by atoms with van der Waals surface area (Å²) in [6, 6.07) is 6.26. The summed E-state index contributed by atoms with van der Waals surface area (Å²) in [4.78, 5) is 13.1. The molecule has 110 valence electrons. The number of rotatable bonds is 5. The standard InChI is InChI=1S/C16H21N5/c1-2-15(13-4-7-17-8-5-13)21-16(3-1)20-9-6-14-12-18-10-11-19-14/h1-3,10-13,17H,4-9H2,(H,20,21). The minimum atomic E-state index is 0.591. The zero-order valence-corrected chi connectivity index (χ0v) is 12.1. The summed E-state index contributed by atoms with van der Waals surface area (Å²) in [5.74, 6) is 1.54. The second-order valence-corrected chi connectivity index (χ2v) is 5.35.